The molecule has 10 nitrogen and oxygen atoms in total. The lowest BCUT2D eigenvalue weighted by Crippen LogP contribution is -2.42. The van der Waals surface area contributed by atoms with Gasteiger partial charge in [-0.3, -0.25) is 30.3 Å². The summed E-state index contributed by atoms with van der Waals surface area (Å²) in [4.78, 5) is 35.6. The number of fused-ring (bicyclic) bond motifs is 2. The molecule has 1 amide bonds. The van der Waals surface area contributed by atoms with Gasteiger partial charge in [0.15, 0.2) is 5.78 Å². The molecular weight excluding hydrogens is 814 g/mol. The Hall–Kier alpha value is -5.82. The van der Waals surface area contributed by atoms with Crippen molar-refractivity contribution < 1.29 is 24.5 Å². The maximum atomic E-state index is 13.9. The minimum absolute atomic E-state index is 0.00369. The first kappa shape index (κ1) is 42.3. The highest BCUT2D eigenvalue weighted by Gasteiger charge is 2.35. The zero-order valence-corrected chi connectivity index (χ0v) is 36.0. The van der Waals surface area contributed by atoms with Crippen LogP contribution in [0.3, 0.4) is 0 Å². The first-order chi connectivity index (χ1) is 28.9. The summed E-state index contributed by atoms with van der Waals surface area (Å²) >= 11 is 9.16. The number of amidine groups is 2. The van der Waals surface area contributed by atoms with Gasteiger partial charge in [0, 0.05) is 53.7 Å². The number of rotatable bonds is 15. The number of amides is 1. The van der Waals surface area contributed by atoms with Gasteiger partial charge in [0.2, 0.25) is 5.91 Å². The highest BCUT2D eigenvalue weighted by atomic mass is 35.5. The lowest BCUT2D eigenvalue weighted by molar-refractivity contribution is -0.121. The Kier molecular flexibility index (Phi) is 13.1. The Labute approximate surface area is 362 Å². The van der Waals surface area contributed by atoms with Crippen molar-refractivity contribution in [2.75, 3.05) is 18.1 Å². The standard InChI is InChI=1S/C47H46ClN5O5S2/c1-27-28(2)59-47-41(27)43(30-9-15-33(48)16-10-30)52-38(46(50)53(47)29(3)49)26-40(56)51-23-7-5-4-6-8-24-58-36-20-13-31(14-21-36)44(57)42-37-22-19-35(55)25-39(37)60-45(42)32-11-17-34(54)18-12-32/h9-22,25,38,49-50,54-55H,4-8,23-24,26H2,1-3H3,(H,51,56). The number of nitrogens with zero attached hydrogens (tertiary/aromatic N) is 2. The molecule has 1 atom stereocenters. The average Bonchev–Trinajstić information content (AvgIpc) is 3.70. The number of ketones is 1. The van der Waals surface area contributed by atoms with E-state index in [4.69, 9.17) is 32.1 Å². The molecule has 60 heavy (non-hydrogen) atoms. The number of unbranched alkanes of at least 4 members (excludes halogenated alkanes) is 4. The third-order valence-electron chi connectivity index (χ3n) is 10.5. The van der Waals surface area contributed by atoms with Crippen molar-refractivity contribution >= 4 is 78.4 Å². The van der Waals surface area contributed by atoms with Crippen molar-refractivity contribution in [2.45, 2.75) is 65.3 Å². The van der Waals surface area contributed by atoms with Crippen LogP contribution in [0, 0.1) is 24.7 Å². The highest BCUT2D eigenvalue weighted by molar-refractivity contribution is 7.22. The summed E-state index contributed by atoms with van der Waals surface area (Å²) in [5.41, 5.74) is 5.34. The van der Waals surface area contributed by atoms with Gasteiger partial charge >= 0.3 is 0 Å². The van der Waals surface area contributed by atoms with Gasteiger partial charge in [-0.1, -0.05) is 43.0 Å². The molecule has 7 rings (SSSR count). The Morgan fingerprint density at radius 3 is 2.25 bits per heavy atom. The van der Waals surface area contributed by atoms with E-state index in [0.29, 0.717) is 40.8 Å². The Morgan fingerprint density at radius 2 is 1.53 bits per heavy atom. The summed E-state index contributed by atoms with van der Waals surface area (Å²) in [6, 6.07) is 25.6. The number of anilines is 1. The minimum atomic E-state index is -0.770. The molecule has 6 aromatic rings. The fourth-order valence-corrected chi connectivity index (χ4v) is 9.87. The fraction of sp³-hybridized carbons (Fsp3) is 0.255. The van der Waals surface area contributed by atoms with Crippen LogP contribution < -0.4 is 15.0 Å². The van der Waals surface area contributed by atoms with Gasteiger partial charge in [0.1, 0.15) is 40.0 Å². The number of aliphatic imine (C=N–C) groups is 1. The van der Waals surface area contributed by atoms with Crippen LogP contribution in [0.4, 0.5) is 5.00 Å². The van der Waals surface area contributed by atoms with Crippen molar-refractivity contribution in [3.63, 3.8) is 0 Å². The van der Waals surface area contributed by atoms with E-state index in [1.165, 1.54) is 22.7 Å². The second-order valence-electron chi connectivity index (χ2n) is 14.8. The van der Waals surface area contributed by atoms with Gasteiger partial charge in [0.05, 0.1) is 18.7 Å². The second kappa shape index (κ2) is 18.6. The lowest BCUT2D eigenvalue weighted by Gasteiger charge is -2.24. The molecule has 308 valence electrons. The molecule has 13 heteroatoms. The van der Waals surface area contributed by atoms with Gasteiger partial charge in [0.25, 0.3) is 0 Å². The van der Waals surface area contributed by atoms with E-state index in [-0.39, 0.29) is 41.3 Å². The number of carbonyl (C=O) groups excluding carboxylic acids is 2. The van der Waals surface area contributed by atoms with Crippen LogP contribution in [0.5, 0.6) is 17.2 Å². The third-order valence-corrected chi connectivity index (χ3v) is 13.2. The maximum absolute atomic E-state index is 13.9. The van der Waals surface area contributed by atoms with Crippen LogP contribution in [0.2, 0.25) is 5.02 Å². The van der Waals surface area contributed by atoms with Gasteiger partial charge in [-0.2, -0.15) is 0 Å². The van der Waals surface area contributed by atoms with E-state index in [1.54, 1.807) is 66.4 Å². The number of halogens is 1. The maximum Gasteiger partial charge on any atom is 0.222 e. The molecule has 0 radical (unpaired) electrons. The molecule has 0 spiro atoms. The molecule has 0 fully saturated rings. The van der Waals surface area contributed by atoms with E-state index in [0.717, 1.165) is 79.2 Å². The quantitative estimate of drug-likeness (QED) is 0.0299. The first-order valence-electron chi connectivity index (χ1n) is 19.9. The van der Waals surface area contributed by atoms with E-state index in [2.05, 4.69) is 5.32 Å². The van der Waals surface area contributed by atoms with Gasteiger partial charge in [-0.05, 0) is 124 Å². The number of aryl methyl sites for hydroxylation is 1. The van der Waals surface area contributed by atoms with Crippen LogP contribution in [0.15, 0.2) is 96.0 Å². The van der Waals surface area contributed by atoms with Crippen LogP contribution in [0.1, 0.15) is 82.9 Å². The molecule has 1 unspecified atom stereocenters. The van der Waals surface area contributed by atoms with E-state index in [9.17, 15) is 19.8 Å². The lowest BCUT2D eigenvalue weighted by atomic mass is 9.97. The monoisotopic (exact) mass is 859 g/mol. The molecule has 4 aromatic carbocycles. The van der Waals surface area contributed by atoms with Crippen LogP contribution in [0.25, 0.3) is 20.5 Å². The van der Waals surface area contributed by atoms with Crippen LogP contribution >= 0.6 is 34.3 Å². The van der Waals surface area contributed by atoms with E-state index in [1.807, 2.05) is 50.2 Å². The van der Waals surface area contributed by atoms with Crippen molar-refractivity contribution in [3.05, 3.63) is 129 Å². The number of benzene rings is 4. The molecule has 0 saturated heterocycles. The number of carbonyl (C=O) groups is 2. The summed E-state index contributed by atoms with van der Waals surface area (Å²) in [7, 11) is 0. The summed E-state index contributed by atoms with van der Waals surface area (Å²) in [5, 5.41) is 42.7. The SMILES string of the molecule is CC(=N)N1C(=N)C(CC(=O)NCCCCCCCOc2ccc(C(=O)c3c(-c4ccc(O)cc4)sc4cc(O)ccc34)cc2)N=C(c2ccc(Cl)cc2)c2c1sc(C)c2C. The smallest absolute Gasteiger partial charge is 0.222 e. The first-order valence-corrected chi connectivity index (χ1v) is 21.9. The van der Waals surface area contributed by atoms with Crippen LogP contribution in [-0.4, -0.2) is 58.5 Å². The number of ether oxygens (including phenoxy) is 1. The number of phenolic OH excluding ortho intramolecular Hbond substituents is 2. The Balaban J connectivity index is 0.872. The van der Waals surface area contributed by atoms with Crippen molar-refractivity contribution in [1.29, 1.82) is 10.8 Å². The van der Waals surface area contributed by atoms with Gasteiger partial charge in [-0.15, -0.1) is 22.7 Å². The molecule has 5 N–H and O–H groups in total. The largest absolute Gasteiger partial charge is 0.508 e. The zero-order chi connectivity index (χ0) is 42.5. The Morgan fingerprint density at radius 1 is 0.867 bits per heavy atom. The predicted octanol–water partition coefficient (Wildman–Crippen LogP) is 11.1. The van der Waals surface area contributed by atoms with Crippen molar-refractivity contribution in [3.8, 4) is 27.7 Å². The molecule has 0 saturated carbocycles. The van der Waals surface area contributed by atoms with Gasteiger partial charge < -0.3 is 20.3 Å². The number of thiophene rings is 2. The summed E-state index contributed by atoms with van der Waals surface area (Å²) in [5.74, 6) is 0.934. The van der Waals surface area contributed by atoms with Crippen LogP contribution in [-0.2, 0) is 4.79 Å². The summed E-state index contributed by atoms with van der Waals surface area (Å²) in [6.07, 6.45) is 4.57. The summed E-state index contributed by atoms with van der Waals surface area (Å²) < 4.78 is 6.79. The van der Waals surface area contributed by atoms with E-state index >= 15 is 0 Å². The third kappa shape index (κ3) is 9.31. The predicted molar refractivity (Wildman–Crippen MR) is 245 cm³/mol. The van der Waals surface area contributed by atoms with Gasteiger partial charge in [-0.25, -0.2) is 0 Å². The summed E-state index contributed by atoms with van der Waals surface area (Å²) in [6.45, 7) is 6.77. The molecular formula is C47H46ClN5O5S2. The fourth-order valence-electron chi connectivity index (χ4n) is 7.28. The van der Waals surface area contributed by atoms with E-state index < -0.39 is 6.04 Å². The topological polar surface area (TPSA) is 159 Å². The minimum Gasteiger partial charge on any atom is -0.508 e. The number of hydrogen-bond acceptors (Lipinski definition) is 10. The average molecular weight is 861 g/mol. The Bertz CT molecular complexity index is 2600. The van der Waals surface area contributed by atoms with Crippen molar-refractivity contribution in [1.82, 2.24) is 5.32 Å². The molecule has 3 heterocycles. The second-order valence-corrected chi connectivity index (χ2v) is 17.5. The zero-order valence-electron chi connectivity index (χ0n) is 33.6. The molecule has 0 bridgehead atoms. The number of phenols is 2. The number of hydrogen-bond donors (Lipinski definition) is 5. The molecule has 1 aliphatic heterocycles. The molecule has 1 aliphatic rings. The number of nitrogens with one attached hydrogen (secondary N) is 3. The highest BCUT2D eigenvalue weighted by Crippen LogP contribution is 2.42. The molecule has 0 aliphatic carbocycles. The molecule has 2 aromatic heterocycles. The normalized spacial score (nSPS) is 13.8. The number of aromatic hydroxyl groups is 2. The van der Waals surface area contributed by atoms with Crippen molar-refractivity contribution in [2.24, 2.45) is 4.99 Å².